The van der Waals surface area contributed by atoms with Gasteiger partial charge in [-0.1, -0.05) is 11.3 Å². The molecule has 1 aromatic carbocycles. The number of fused-ring (bicyclic) bond motifs is 1. The van der Waals surface area contributed by atoms with Crippen molar-refractivity contribution in [3.05, 3.63) is 55.0 Å². The second-order valence-corrected chi connectivity index (χ2v) is 10.7. The number of anilines is 1. The lowest BCUT2D eigenvalue weighted by molar-refractivity contribution is 0.0273. The van der Waals surface area contributed by atoms with Crippen LogP contribution in [0.1, 0.15) is 0 Å². The molecule has 2 aliphatic heterocycles. The van der Waals surface area contributed by atoms with E-state index >= 15 is 0 Å². The van der Waals surface area contributed by atoms with Crippen LogP contribution in [0.15, 0.2) is 49.2 Å². The van der Waals surface area contributed by atoms with E-state index in [1.807, 2.05) is 19.3 Å². The number of aryl methyl sites for hydroxylation is 1. The van der Waals surface area contributed by atoms with Crippen LogP contribution in [0.25, 0.3) is 33.7 Å². The Kier molecular flexibility index (Phi) is 8.04. The van der Waals surface area contributed by atoms with Gasteiger partial charge in [-0.3, -0.25) is 9.58 Å². The number of ether oxygens (including phenoxy) is 3. The molecule has 1 unspecified atom stereocenters. The van der Waals surface area contributed by atoms with Gasteiger partial charge in [0.05, 0.1) is 50.6 Å². The highest BCUT2D eigenvalue weighted by Crippen LogP contribution is 2.26. The van der Waals surface area contributed by atoms with E-state index in [1.165, 1.54) is 6.07 Å². The highest BCUT2D eigenvalue weighted by molar-refractivity contribution is 5.69. The van der Waals surface area contributed by atoms with Gasteiger partial charge in [-0.05, 0) is 17.7 Å². The number of hydrogen-bond acceptors (Lipinski definition) is 12. The first-order valence-electron chi connectivity index (χ1n) is 14.6. The van der Waals surface area contributed by atoms with Gasteiger partial charge in [0.1, 0.15) is 6.61 Å². The topological polar surface area (TPSA) is 134 Å². The lowest BCUT2D eigenvalue weighted by Crippen LogP contribution is -2.45. The first kappa shape index (κ1) is 28.2. The summed E-state index contributed by atoms with van der Waals surface area (Å²) in [4.78, 5) is 22.6. The number of nitrogens with zero attached hydrogens (tertiary/aromatic N) is 11. The summed E-state index contributed by atoms with van der Waals surface area (Å²) >= 11 is 0. The molecule has 2 fully saturated rings. The van der Waals surface area contributed by atoms with Crippen LogP contribution in [0.5, 0.6) is 5.75 Å². The monoisotopic (exact) mass is 601 g/mol. The Labute approximate surface area is 252 Å². The molecular weight excluding hydrogens is 569 g/mol. The molecule has 2 saturated heterocycles. The molecule has 0 N–H and O–H groups in total. The summed E-state index contributed by atoms with van der Waals surface area (Å²) in [6.07, 6.45) is 8.52. The fourth-order valence-corrected chi connectivity index (χ4v) is 5.32. The standard InChI is InChI=1S/C29H32FN11O3/c1-38-17-22(15-34-38)25-16-31-27-28(35-25)41(37-36-27)19-23-18-40(7-11-43-23)29-32-13-21(14-33-29)20-2-3-26(24(30)12-20)44-10-6-39-4-8-42-9-5-39/h2-3,12-17,23H,4-11,18-19H2,1H3. The van der Waals surface area contributed by atoms with Crippen molar-refractivity contribution in [2.75, 3.05) is 64.1 Å². The van der Waals surface area contributed by atoms with E-state index < -0.39 is 5.82 Å². The summed E-state index contributed by atoms with van der Waals surface area (Å²) in [5, 5.41) is 12.7. The highest BCUT2D eigenvalue weighted by atomic mass is 19.1. The summed E-state index contributed by atoms with van der Waals surface area (Å²) in [7, 11) is 1.85. The minimum Gasteiger partial charge on any atom is -0.489 e. The van der Waals surface area contributed by atoms with Crippen LogP contribution >= 0.6 is 0 Å². The number of morpholine rings is 2. The van der Waals surface area contributed by atoms with Crippen molar-refractivity contribution in [2.24, 2.45) is 7.05 Å². The number of rotatable bonds is 9. The zero-order chi connectivity index (χ0) is 29.9. The lowest BCUT2D eigenvalue weighted by atomic mass is 10.1. The Bertz CT molecular complexity index is 1720. The highest BCUT2D eigenvalue weighted by Gasteiger charge is 2.25. The van der Waals surface area contributed by atoms with E-state index in [0.717, 1.165) is 44.0 Å². The molecule has 0 bridgehead atoms. The third kappa shape index (κ3) is 6.20. The van der Waals surface area contributed by atoms with E-state index in [1.54, 1.807) is 40.2 Å². The van der Waals surface area contributed by atoms with Crippen LogP contribution in [0.3, 0.4) is 0 Å². The molecule has 4 aromatic heterocycles. The molecule has 228 valence electrons. The van der Waals surface area contributed by atoms with Crippen molar-refractivity contribution in [1.82, 2.24) is 49.6 Å². The number of aromatic nitrogens is 9. The fourth-order valence-electron chi connectivity index (χ4n) is 5.32. The third-order valence-electron chi connectivity index (χ3n) is 7.70. The largest absolute Gasteiger partial charge is 0.489 e. The van der Waals surface area contributed by atoms with Gasteiger partial charge < -0.3 is 19.1 Å². The van der Waals surface area contributed by atoms with E-state index in [4.69, 9.17) is 19.2 Å². The Morgan fingerprint density at radius 3 is 2.64 bits per heavy atom. The van der Waals surface area contributed by atoms with Gasteiger partial charge in [-0.15, -0.1) is 5.10 Å². The van der Waals surface area contributed by atoms with Crippen molar-refractivity contribution >= 4 is 17.2 Å². The van der Waals surface area contributed by atoms with Crippen LogP contribution < -0.4 is 9.64 Å². The van der Waals surface area contributed by atoms with Gasteiger partial charge >= 0.3 is 0 Å². The second-order valence-electron chi connectivity index (χ2n) is 10.7. The lowest BCUT2D eigenvalue weighted by Gasteiger charge is -2.32. The molecule has 6 heterocycles. The Morgan fingerprint density at radius 2 is 1.84 bits per heavy atom. The minimum atomic E-state index is -0.414. The second kappa shape index (κ2) is 12.6. The first-order chi connectivity index (χ1) is 21.6. The maximum Gasteiger partial charge on any atom is 0.225 e. The van der Waals surface area contributed by atoms with Gasteiger partial charge in [-0.2, -0.15) is 5.10 Å². The summed E-state index contributed by atoms with van der Waals surface area (Å²) in [5.41, 5.74) is 4.00. The number of hydrogen-bond donors (Lipinski definition) is 0. The van der Waals surface area contributed by atoms with Gasteiger partial charge in [-0.25, -0.2) is 29.0 Å². The summed E-state index contributed by atoms with van der Waals surface area (Å²) in [5.74, 6) is 0.397. The van der Waals surface area contributed by atoms with Crippen LogP contribution in [-0.2, 0) is 23.1 Å². The van der Waals surface area contributed by atoms with Crippen LogP contribution in [0.4, 0.5) is 10.3 Å². The zero-order valence-corrected chi connectivity index (χ0v) is 24.3. The first-order valence-corrected chi connectivity index (χ1v) is 14.6. The van der Waals surface area contributed by atoms with Crippen molar-refractivity contribution in [2.45, 2.75) is 12.6 Å². The predicted octanol–water partition coefficient (Wildman–Crippen LogP) is 1.83. The van der Waals surface area contributed by atoms with E-state index in [9.17, 15) is 4.39 Å². The van der Waals surface area contributed by atoms with E-state index in [2.05, 4.69) is 40.2 Å². The molecule has 14 nitrogen and oxygen atoms in total. The van der Waals surface area contributed by atoms with Crippen LogP contribution in [-0.4, -0.2) is 115 Å². The summed E-state index contributed by atoms with van der Waals surface area (Å²) in [6, 6.07) is 4.93. The molecule has 2 aliphatic rings. The summed E-state index contributed by atoms with van der Waals surface area (Å²) in [6.45, 7) is 6.49. The van der Waals surface area contributed by atoms with E-state index in [-0.39, 0.29) is 11.9 Å². The van der Waals surface area contributed by atoms with Crippen LogP contribution in [0.2, 0.25) is 0 Å². The molecule has 15 heteroatoms. The average Bonchev–Trinajstić information content (AvgIpc) is 3.68. The smallest absolute Gasteiger partial charge is 0.225 e. The molecule has 0 amide bonds. The van der Waals surface area contributed by atoms with Crippen LogP contribution in [0, 0.1) is 5.82 Å². The minimum absolute atomic E-state index is 0.189. The molecular formula is C29H32FN11O3. The maximum atomic E-state index is 14.8. The Morgan fingerprint density at radius 1 is 0.977 bits per heavy atom. The molecule has 5 aromatic rings. The molecule has 7 rings (SSSR count). The number of benzene rings is 1. The van der Waals surface area contributed by atoms with Crippen molar-refractivity contribution in [1.29, 1.82) is 0 Å². The average molecular weight is 602 g/mol. The molecule has 1 atom stereocenters. The summed E-state index contributed by atoms with van der Waals surface area (Å²) < 4.78 is 35.4. The third-order valence-corrected chi connectivity index (χ3v) is 7.70. The van der Waals surface area contributed by atoms with E-state index in [0.29, 0.717) is 61.3 Å². The Balaban J connectivity index is 0.978. The van der Waals surface area contributed by atoms with Gasteiger partial charge in [0.25, 0.3) is 0 Å². The quantitative estimate of drug-likeness (QED) is 0.244. The number of halogens is 1. The van der Waals surface area contributed by atoms with Gasteiger partial charge in [0.15, 0.2) is 17.2 Å². The van der Waals surface area contributed by atoms with Gasteiger partial charge in [0, 0.05) is 69.5 Å². The molecule has 0 spiro atoms. The SMILES string of the molecule is Cn1cc(-c2cnc3nnn(CC4CN(c5ncc(-c6ccc(OCCN7CCOCC7)c(F)c6)cn5)CCO4)c3n2)cn1. The maximum absolute atomic E-state index is 14.8. The molecule has 0 radical (unpaired) electrons. The normalized spacial score (nSPS) is 17.8. The zero-order valence-electron chi connectivity index (χ0n) is 24.3. The fraction of sp³-hybridized carbons (Fsp3) is 0.414. The van der Waals surface area contributed by atoms with Crippen molar-refractivity contribution < 1.29 is 18.6 Å². The molecule has 44 heavy (non-hydrogen) atoms. The van der Waals surface area contributed by atoms with Crippen molar-refractivity contribution in [3.63, 3.8) is 0 Å². The predicted molar refractivity (Wildman–Crippen MR) is 157 cm³/mol. The molecule has 0 aliphatic carbocycles. The molecule has 0 saturated carbocycles. The van der Waals surface area contributed by atoms with Crippen molar-refractivity contribution in [3.8, 4) is 28.1 Å². The Hall–Kier alpha value is -4.60. The van der Waals surface area contributed by atoms with Gasteiger partial charge in [0.2, 0.25) is 11.6 Å².